The molecule has 0 aliphatic rings. The molecule has 1 unspecified atom stereocenters. The van der Waals surface area contributed by atoms with Crippen LogP contribution >= 0.6 is 11.8 Å². The number of benzene rings is 1. The van der Waals surface area contributed by atoms with Gasteiger partial charge in [0.1, 0.15) is 0 Å². The molecule has 0 aliphatic heterocycles. The highest BCUT2D eigenvalue weighted by Crippen LogP contribution is 2.24. The van der Waals surface area contributed by atoms with Crippen LogP contribution in [0.3, 0.4) is 0 Å². The molecule has 1 atom stereocenters. The number of thioether (sulfide) groups is 1. The van der Waals surface area contributed by atoms with Crippen LogP contribution in [-0.2, 0) is 7.05 Å². The summed E-state index contributed by atoms with van der Waals surface area (Å²) in [5.74, 6) is 1.11. The SMILES string of the molecule is CCNC(c1ccc(SCC)cc1)c1ccnn1C. The van der Waals surface area contributed by atoms with E-state index in [1.807, 2.05) is 29.7 Å². The first-order chi connectivity index (χ1) is 9.26. The quantitative estimate of drug-likeness (QED) is 0.821. The molecule has 1 aromatic carbocycles. The number of nitrogens with zero attached hydrogens (tertiary/aromatic N) is 2. The second kappa shape index (κ2) is 6.78. The highest BCUT2D eigenvalue weighted by atomic mass is 32.2. The van der Waals surface area contributed by atoms with Gasteiger partial charge in [0.2, 0.25) is 0 Å². The number of nitrogens with one attached hydrogen (secondary N) is 1. The topological polar surface area (TPSA) is 29.9 Å². The van der Waals surface area contributed by atoms with Gasteiger partial charge in [-0.1, -0.05) is 26.0 Å². The van der Waals surface area contributed by atoms with Gasteiger partial charge in [-0.15, -0.1) is 11.8 Å². The summed E-state index contributed by atoms with van der Waals surface area (Å²) in [6, 6.07) is 11.1. The Morgan fingerprint density at radius 1 is 1.21 bits per heavy atom. The fourth-order valence-corrected chi connectivity index (χ4v) is 2.85. The molecule has 2 rings (SSSR count). The van der Waals surface area contributed by atoms with Gasteiger partial charge in [0.15, 0.2) is 0 Å². The number of aromatic nitrogens is 2. The number of hydrogen-bond acceptors (Lipinski definition) is 3. The lowest BCUT2D eigenvalue weighted by Crippen LogP contribution is -2.24. The second-order valence-corrected chi connectivity index (χ2v) is 5.71. The molecule has 1 N–H and O–H groups in total. The molecule has 0 radical (unpaired) electrons. The standard InChI is InChI=1S/C15H21N3S/c1-4-16-15(14-10-11-17-18(14)3)12-6-8-13(9-7-12)19-5-2/h6-11,15-16H,4-5H2,1-3H3. The molecule has 0 spiro atoms. The number of aryl methyl sites for hydroxylation is 1. The largest absolute Gasteiger partial charge is 0.305 e. The Morgan fingerprint density at radius 2 is 1.95 bits per heavy atom. The molecule has 0 amide bonds. The lowest BCUT2D eigenvalue weighted by Gasteiger charge is -2.19. The van der Waals surface area contributed by atoms with E-state index < -0.39 is 0 Å². The average molecular weight is 275 g/mol. The van der Waals surface area contributed by atoms with Crippen molar-refractivity contribution in [2.45, 2.75) is 24.8 Å². The first-order valence-electron chi connectivity index (χ1n) is 6.70. The molecular weight excluding hydrogens is 254 g/mol. The van der Waals surface area contributed by atoms with Crippen LogP contribution in [0.2, 0.25) is 0 Å². The van der Waals surface area contributed by atoms with Gasteiger partial charge in [0, 0.05) is 18.1 Å². The van der Waals surface area contributed by atoms with Crippen molar-refractivity contribution >= 4 is 11.8 Å². The molecule has 0 saturated heterocycles. The summed E-state index contributed by atoms with van der Waals surface area (Å²) < 4.78 is 1.93. The van der Waals surface area contributed by atoms with E-state index in [0.29, 0.717) is 0 Å². The van der Waals surface area contributed by atoms with Crippen molar-refractivity contribution in [1.29, 1.82) is 0 Å². The minimum absolute atomic E-state index is 0.207. The van der Waals surface area contributed by atoms with E-state index in [9.17, 15) is 0 Å². The van der Waals surface area contributed by atoms with Gasteiger partial charge in [-0.05, 0) is 36.1 Å². The van der Waals surface area contributed by atoms with Crippen molar-refractivity contribution in [3.8, 4) is 0 Å². The first-order valence-corrected chi connectivity index (χ1v) is 7.68. The Balaban J connectivity index is 2.26. The fraction of sp³-hybridized carbons (Fsp3) is 0.400. The molecule has 0 fully saturated rings. The highest BCUT2D eigenvalue weighted by molar-refractivity contribution is 7.99. The second-order valence-electron chi connectivity index (χ2n) is 4.37. The fourth-order valence-electron chi connectivity index (χ4n) is 2.19. The van der Waals surface area contributed by atoms with Gasteiger partial charge < -0.3 is 5.32 Å². The van der Waals surface area contributed by atoms with E-state index in [1.165, 1.54) is 16.2 Å². The summed E-state index contributed by atoms with van der Waals surface area (Å²) in [5, 5.41) is 7.79. The van der Waals surface area contributed by atoms with Crippen LogP contribution in [0.5, 0.6) is 0 Å². The summed E-state index contributed by atoms with van der Waals surface area (Å²) in [7, 11) is 1.99. The third-order valence-corrected chi connectivity index (χ3v) is 3.98. The zero-order valence-corrected chi connectivity index (χ0v) is 12.6. The molecule has 3 nitrogen and oxygen atoms in total. The van der Waals surface area contributed by atoms with Crippen LogP contribution in [0.4, 0.5) is 0 Å². The molecule has 0 aliphatic carbocycles. The maximum Gasteiger partial charge on any atom is 0.0748 e. The predicted molar refractivity (Wildman–Crippen MR) is 81.6 cm³/mol. The van der Waals surface area contributed by atoms with Crippen LogP contribution in [0.25, 0.3) is 0 Å². The summed E-state index contributed by atoms with van der Waals surface area (Å²) in [4.78, 5) is 1.33. The van der Waals surface area contributed by atoms with Crippen LogP contribution in [0.1, 0.15) is 31.1 Å². The van der Waals surface area contributed by atoms with Crippen molar-refractivity contribution in [2.24, 2.45) is 7.05 Å². The van der Waals surface area contributed by atoms with Crippen molar-refractivity contribution in [2.75, 3.05) is 12.3 Å². The number of rotatable bonds is 6. The summed E-state index contributed by atoms with van der Waals surface area (Å²) in [5.41, 5.74) is 2.48. The zero-order valence-electron chi connectivity index (χ0n) is 11.8. The molecule has 1 heterocycles. The van der Waals surface area contributed by atoms with Crippen LogP contribution in [0.15, 0.2) is 41.4 Å². The Kier molecular flexibility index (Phi) is 5.05. The molecule has 1 aromatic heterocycles. The lowest BCUT2D eigenvalue weighted by molar-refractivity contribution is 0.572. The third-order valence-electron chi connectivity index (χ3n) is 3.09. The molecular formula is C15H21N3S. The molecule has 2 aromatic rings. The van der Waals surface area contributed by atoms with E-state index in [4.69, 9.17) is 0 Å². The zero-order chi connectivity index (χ0) is 13.7. The Morgan fingerprint density at radius 3 is 2.47 bits per heavy atom. The van der Waals surface area contributed by atoms with Crippen LogP contribution in [0, 0.1) is 0 Å². The summed E-state index contributed by atoms with van der Waals surface area (Å²) >= 11 is 1.87. The summed E-state index contributed by atoms with van der Waals surface area (Å²) in [6.45, 7) is 5.24. The van der Waals surface area contributed by atoms with Gasteiger partial charge in [0.05, 0.1) is 11.7 Å². The van der Waals surface area contributed by atoms with Gasteiger partial charge in [-0.25, -0.2) is 0 Å². The molecule has 102 valence electrons. The lowest BCUT2D eigenvalue weighted by atomic mass is 10.0. The molecule has 19 heavy (non-hydrogen) atoms. The highest BCUT2D eigenvalue weighted by Gasteiger charge is 2.15. The van der Waals surface area contributed by atoms with E-state index in [0.717, 1.165) is 12.3 Å². The Labute approximate surface area is 119 Å². The van der Waals surface area contributed by atoms with E-state index >= 15 is 0 Å². The van der Waals surface area contributed by atoms with Crippen molar-refractivity contribution < 1.29 is 0 Å². The molecule has 4 heteroatoms. The van der Waals surface area contributed by atoms with Crippen molar-refractivity contribution in [3.05, 3.63) is 47.8 Å². The van der Waals surface area contributed by atoms with Gasteiger partial charge >= 0.3 is 0 Å². The maximum absolute atomic E-state index is 4.26. The Hall–Kier alpha value is -1.26. The van der Waals surface area contributed by atoms with Gasteiger partial charge in [-0.3, -0.25) is 4.68 Å². The van der Waals surface area contributed by atoms with Crippen molar-refractivity contribution in [3.63, 3.8) is 0 Å². The van der Waals surface area contributed by atoms with E-state index in [-0.39, 0.29) is 6.04 Å². The molecule has 0 saturated carbocycles. The van der Waals surface area contributed by atoms with Gasteiger partial charge in [0.25, 0.3) is 0 Å². The van der Waals surface area contributed by atoms with Gasteiger partial charge in [-0.2, -0.15) is 5.10 Å². The third kappa shape index (κ3) is 3.39. The minimum atomic E-state index is 0.207. The summed E-state index contributed by atoms with van der Waals surface area (Å²) in [6.07, 6.45) is 1.85. The number of hydrogen-bond donors (Lipinski definition) is 1. The Bertz CT molecular complexity index is 504. The maximum atomic E-state index is 4.26. The van der Waals surface area contributed by atoms with E-state index in [2.05, 4.69) is 54.6 Å². The monoisotopic (exact) mass is 275 g/mol. The normalized spacial score (nSPS) is 12.6. The predicted octanol–water partition coefficient (Wildman–Crippen LogP) is 3.23. The van der Waals surface area contributed by atoms with Crippen LogP contribution in [-0.4, -0.2) is 22.1 Å². The van der Waals surface area contributed by atoms with Crippen molar-refractivity contribution in [1.82, 2.24) is 15.1 Å². The average Bonchev–Trinajstić information content (AvgIpc) is 2.84. The molecule has 0 bridgehead atoms. The minimum Gasteiger partial charge on any atom is -0.305 e. The smallest absolute Gasteiger partial charge is 0.0748 e. The van der Waals surface area contributed by atoms with E-state index in [1.54, 1.807) is 0 Å². The first kappa shape index (κ1) is 14.2. The van der Waals surface area contributed by atoms with Crippen LogP contribution < -0.4 is 5.32 Å².